The van der Waals surface area contributed by atoms with Gasteiger partial charge in [-0.05, 0) is 36.4 Å². The van der Waals surface area contributed by atoms with Gasteiger partial charge in [0.15, 0.2) is 0 Å². The molecule has 0 aromatic heterocycles. The fraction of sp³-hybridized carbons (Fsp3) is 0.364. The number of aromatic carboxylic acids is 1. The van der Waals surface area contributed by atoms with E-state index in [0.29, 0.717) is 5.56 Å². The van der Waals surface area contributed by atoms with Crippen LogP contribution in [0.3, 0.4) is 0 Å². The van der Waals surface area contributed by atoms with Crippen molar-refractivity contribution < 1.29 is 14.6 Å². The molecule has 1 fully saturated rings. The van der Waals surface area contributed by atoms with Crippen molar-refractivity contribution in [3.8, 4) is 5.75 Å². The van der Waals surface area contributed by atoms with Gasteiger partial charge in [-0.25, -0.2) is 4.79 Å². The zero-order chi connectivity index (χ0) is 10.7. The van der Waals surface area contributed by atoms with Crippen LogP contribution in [0.4, 0.5) is 0 Å². The average Bonchev–Trinajstić information content (AvgIpc) is 2.71. The molecule has 1 atom stereocenters. The van der Waals surface area contributed by atoms with Gasteiger partial charge in [-0.3, -0.25) is 0 Å². The number of hydrogen-bond donors (Lipinski definition) is 1. The van der Waals surface area contributed by atoms with Crippen molar-refractivity contribution in [2.24, 2.45) is 0 Å². The highest BCUT2D eigenvalue weighted by atomic mass is 32.2. The number of carbonyl (C=O) groups is 1. The third-order valence-corrected chi connectivity index (χ3v) is 3.42. The molecule has 1 saturated heterocycles. The molecule has 0 bridgehead atoms. The van der Waals surface area contributed by atoms with E-state index < -0.39 is 5.97 Å². The molecule has 2 rings (SSSR count). The zero-order valence-electron chi connectivity index (χ0n) is 8.18. The number of hydrogen-bond acceptors (Lipinski definition) is 3. The van der Waals surface area contributed by atoms with E-state index in [-0.39, 0.29) is 6.10 Å². The molecule has 1 aromatic carbocycles. The monoisotopic (exact) mass is 224 g/mol. The van der Waals surface area contributed by atoms with Crippen molar-refractivity contribution in [2.75, 3.05) is 11.5 Å². The Balaban J connectivity index is 2.00. The summed E-state index contributed by atoms with van der Waals surface area (Å²) in [7, 11) is 0. The van der Waals surface area contributed by atoms with Crippen molar-refractivity contribution in [3.05, 3.63) is 29.8 Å². The maximum atomic E-state index is 10.6. The minimum Gasteiger partial charge on any atom is -0.490 e. The topological polar surface area (TPSA) is 46.5 Å². The lowest BCUT2D eigenvalue weighted by molar-refractivity contribution is 0.0697. The second-order valence-electron chi connectivity index (χ2n) is 3.43. The molecule has 0 amide bonds. The van der Waals surface area contributed by atoms with Crippen LogP contribution in [-0.4, -0.2) is 28.7 Å². The first kappa shape index (κ1) is 10.4. The summed E-state index contributed by atoms with van der Waals surface area (Å²) in [5.41, 5.74) is 0.295. The highest BCUT2D eigenvalue weighted by Crippen LogP contribution is 2.23. The van der Waals surface area contributed by atoms with E-state index in [1.807, 2.05) is 11.8 Å². The van der Waals surface area contributed by atoms with Crippen LogP contribution in [0.2, 0.25) is 0 Å². The first-order valence-electron chi connectivity index (χ1n) is 4.83. The van der Waals surface area contributed by atoms with Crippen LogP contribution in [0.15, 0.2) is 24.3 Å². The summed E-state index contributed by atoms with van der Waals surface area (Å²) < 4.78 is 5.70. The van der Waals surface area contributed by atoms with Crippen LogP contribution in [0, 0.1) is 0 Å². The summed E-state index contributed by atoms with van der Waals surface area (Å²) in [6.07, 6.45) is 1.36. The molecule has 1 N–H and O–H groups in total. The van der Waals surface area contributed by atoms with Crippen molar-refractivity contribution in [1.29, 1.82) is 0 Å². The molecule has 0 radical (unpaired) electrons. The fourth-order valence-corrected chi connectivity index (χ4v) is 2.57. The molecule has 80 valence electrons. The summed E-state index contributed by atoms with van der Waals surface area (Å²) in [6, 6.07) is 6.57. The maximum Gasteiger partial charge on any atom is 0.335 e. The Morgan fingerprint density at radius 2 is 2.13 bits per heavy atom. The standard InChI is InChI=1S/C11H12O3S/c12-11(13)8-1-3-9(4-2-8)14-10-5-6-15-7-10/h1-4,10H,5-7H2,(H,12,13). The minimum absolute atomic E-state index is 0.283. The number of benzene rings is 1. The Hall–Kier alpha value is -1.16. The number of carboxylic acids is 1. The largest absolute Gasteiger partial charge is 0.490 e. The first-order chi connectivity index (χ1) is 7.25. The predicted octanol–water partition coefficient (Wildman–Crippen LogP) is 2.27. The lowest BCUT2D eigenvalue weighted by atomic mass is 10.2. The second-order valence-corrected chi connectivity index (χ2v) is 4.58. The van der Waals surface area contributed by atoms with Gasteiger partial charge in [-0.1, -0.05) is 0 Å². The Bertz CT molecular complexity index is 341. The maximum absolute atomic E-state index is 10.6. The van der Waals surface area contributed by atoms with Gasteiger partial charge in [-0.2, -0.15) is 11.8 Å². The molecule has 0 aliphatic carbocycles. The van der Waals surface area contributed by atoms with E-state index in [1.165, 1.54) is 0 Å². The van der Waals surface area contributed by atoms with E-state index in [9.17, 15) is 4.79 Å². The van der Waals surface area contributed by atoms with Gasteiger partial charge in [-0.15, -0.1) is 0 Å². The quantitative estimate of drug-likeness (QED) is 0.855. The van der Waals surface area contributed by atoms with Gasteiger partial charge >= 0.3 is 5.97 Å². The summed E-state index contributed by atoms with van der Waals surface area (Å²) in [6.45, 7) is 0. The molecule has 4 heteroatoms. The number of rotatable bonds is 3. The zero-order valence-corrected chi connectivity index (χ0v) is 9.00. The van der Waals surface area contributed by atoms with E-state index in [2.05, 4.69) is 0 Å². The van der Waals surface area contributed by atoms with E-state index in [0.717, 1.165) is 23.7 Å². The normalized spacial score (nSPS) is 20.1. The fourth-order valence-electron chi connectivity index (χ4n) is 1.47. The lowest BCUT2D eigenvalue weighted by Gasteiger charge is -2.12. The van der Waals surface area contributed by atoms with Crippen LogP contribution in [0.1, 0.15) is 16.8 Å². The van der Waals surface area contributed by atoms with Gasteiger partial charge in [0, 0.05) is 5.75 Å². The molecular formula is C11H12O3S. The van der Waals surface area contributed by atoms with Gasteiger partial charge in [0.25, 0.3) is 0 Å². The summed E-state index contributed by atoms with van der Waals surface area (Å²) in [5.74, 6) is 2.03. The summed E-state index contributed by atoms with van der Waals surface area (Å²) >= 11 is 1.89. The van der Waals surface area contributed by atoms with E-state index >= 15 is 0 Å². The van der Waals surface area contributed by atoms with Crippen LogP contribution in [0.25, 0.3) is 0 Å². The SMILES string of the molecule is O=C(O)c1ccc(OC2CCSC2)cc1. The van der Waals surface area contributed by atoms with Crippen LogP contribution in [-0.2, 0) is 0 Å². The first-order valence-corrected chi connectivity index (χ1v) is 5.99. The van der Waals surface area contributed by atoms with Crippen LogP contribution < -0.4 is 4.74 Å². The molecular weight excluding hydrogens is 212 g/mol. The van der Waals surface area contributed by atoms with Crippen molar-refractivity contribution in [1.82, 2.24) is 0 Å². The van der Waals surface area contributed by atoms with E-state index in [1.54, 1.807) is 24.3 Å². The average molecular weight is 224 g/mol. The molecule has 3 nitrogen and oxygen atoms in total. The lowest BCUT2D eigenvalue weighted by Crippen LogP contribution is -2.14. The molecule has 1 heterocycles. The number of thioether (sulfide) groups is 1. The summed E-state index contributed by atoms with van der Waals surface area (Å²) in [4.78, 5) is 10.6. The smallest absolute Gasteiger partial charge is 0.335 e. The van der Waals surface area contributed by atoms with Crippen LogP contribution >= 0.6 is 11.8 Å². The molecule has 1 aromatic rings. The minimum atomic E-state index is -0.905. The number of ether oxygens (including phenoxy) is 1. The van der Waals surface area contributed by atoms with Crippen molar-refractivity contribution in [2.45, 2.75) is 12.5 Å². The number of carboxylic acid groups (broad SMARTS) is 1. The molecule has 0 spiro atoms. The molecule has 1 aliphatic heterocycles. The highest BCUT2D eigenvalue weighted by molar-refractivity contribution is 7.99. The van der Waals surface area contributed by atoms with Crippen molar-refractivity contribution >= 4 is 17.7 Å². The molecule has 1 unspecified atom stereocenters. The van der Waals surface area contributed by atoms with Gasteiger partial charge in [0.2, 0.25) is 0 Å². The molecule has 0 saturated carbocycles. The van der Waals surface area contributed by atoms with Gasteiger partial charge in [0.1, 0.15) is 11.9 Å². The van der Waals surface area contributed by atoms with Crippen LogP contribution in [0.5, 0.6) is 5.75 Å². The van der Waals surface area contributed by atoms with E-state index in [4.69, 9.17) is 9.84 Å². The van der Waals surface area contributed by atoms with Crippen molar-refractivity contribution in [3.63, 3.8) is 0 Å². The molecule has 1 aliphatic rings. The van der Waals surface area contributed by atoms with Gasteiger partial charge in [0.05, 0.1) is 5.56 Å². The Kier molecular flexibility index (Phi) is 3.16. The summed E-state index contributed by atoms with van der Waals surface area (Å²) in [5, 5.41) is 8.72. The highest BCUT2D eigenvalue weighted by Gasteiger charge is 2.16. The predicted molar refractivity (Wildman–Crippen MR) is 59.8 cm³/mol. The molecule has 15 heavy (non-hydrogen) atoms. The third-order valence-electron chi connectivity index (χ3n) is 2.29. The Labute approximate surface area is 92.4 Å². The Morgan fingerprint density at radius 3 is 2.67 bits per heavy atom. The third kappa shape index (κ3) is 2.65. The van der Waals surface area contributed by atoms with Gasteiger partial charge < -0.3 is 9.84 Å². The Morgan fingerprint density at radius 1 is 1.40 bits per heavy atom. The second kappa shape index (κ2) is 4.57.